The quantitative estimate of drug-likeness (QED) is 0.724. The first-order valence-electron chi connectivity index (χ1n) is 6.85. The highest BCUT2D eigenvalue weighted by Gasteiger charge is 2.16. The van der Waals surface area contributed by atoms with Crippen LogP contribution in [0, 0.1) is 0 Å². The molecular weight excluding hydrogens is 278 g/mol. The molecule has 0 aliphatic rings. The largest absolute Gasteiger partial charge is 0.396 e. The zero-order valence-corrected chi connectivity index (χ0v) is 12.8. The summed E-state index contributed by atoms with van der Waals surface area (Å²) >= 11 is 6.05. The molecule has 0 unspecified atom stereocenters. The van der Waals surface area contributed by atoms with E-state index in [1.54, 1.807) is 18.0 Å². The Bertz CT molecular complexity index is 440. The zero-order valence-electron chi connectivity index (χ0n) is 12.0. The molecule has 1 aromatic heterocycles. The summed E-state index contributed by atoms with van der Waals surface area (Å²) in [6.07, 6.45) is 4.03. The third-order valence-electron chi connectivity index (χ3n) is 2.94. The van der Waals surface area contributed by atoms with Gasteiger partial charge in [-0.2, -0.15) is 0 Å². The number of aliphatic hydroxyl groups excluding tert-OH is 1. The fourth-order valence-corrected chi connectivity index (χ4v) is 2.01. The number of carbonyl (C=O) groups is 1. The van der Waals surface area contributed by atoms with Crippen molar-refractivity contribution in [3.63, 3.8) is 0 Å². The molecule has 0 aliphatic heterocycles. The van der Waals surface area contributed by atoms with E-state index in [4.69, 9.17) is 16.7 Å². The van der Waals surface area contributed by atoms with Gasteiger partial charge in [-0.1, -0.05) is 11.6 Å². The van der Waals surface area contributed by atoms with E-state index in [1.165, 1.54) is 6.20 Å². The molecular formula is C14H22ClN3O2. The number of nitrogens with one attached hydrogen (secondary N) is 1. The number of halogens is 1. The van der Waals surface area contributed by atoms with Crippen LogP contribution in [0.3, 0.4) is 0 Å². The van der Waals surface area contributed by atoms with E-state index < -0.39 is 0 Å². The van der Waals surface area contributed by atoms with Gasteiger partial charge in [0, 0.05) is 32.9 Å². The lowest BCUT2D eigenvalue weighted by molar-refractivity contribution is 0.0792. The Morgan fingerprint density at radius 2 is 2.20 bits per heavy atom. The number of unbranched alkanes of at least 4 members (excludes halogenated alkanes) is 2. The summed E-state index contributed by atoms with van der Waals surface area (Å²) in [7, 11) is 1.75. The second-order valence-corrected chi connectivity index (χ2v) is 5.00. The highest BCUT2D eigenvalue weighted by molar-refractivity contribution is 6.33. The van der Waals surface area contributed by atoms with Crippen LogP contribution in [0.4, 0.5) is 5.82 Å². The highest BCUT2D eigenvalue weighted by atomic mass is 35.5. The first kappa shape index (κ1) is 16.7. The smallest absolute Gasteiger partial charge is 0.255 e. The summed E-state index contributed by atoms with van der Waals surface area (Å²) in [5.74, 6) is 0.537. The predicted octanol–water partition coefficient (Wildman–Crippen LogP) is 2.40. The topological polar surface area (TPSA) is 65.5 Å². The van der Waals surface area contributed by atoms with Crippen molar-refractivity contribution in [3.05, 3.63) is 22.8 Å². The minimum Gasteiger partial charge on any atom is -0.396 e. The van der Waals surface area contributed by atoms with E-state index in [0.29, 0.717) is 22.9 Å². The third-order valence-corrected chi connectivity index (χ3v) is 3.24. The monoisotopic (exact) mass is 299 g/mol. The van der Waals surface area contributed by atoms with Crippen molar-refractivity contribution in [2.75, 3.05) is 32.1 Å². The molecule has 1 heterocycles. The first-order valence-corrected chi connectivity index (χ1v) is 7.23. The Morgan fingerprint density at radius 3 is 2.85 bits per heavy atom. The highest BCUT2D eigenvalue weighted by Crippen LogP contribution is 2.19. The van der Waals surface area contributed by atoms with Gasteiger partial charge in [-0.25, -0.2) is 4.98 Å². The fraction of sp³-hybridized carbons (Fsp3) is 0.571. The summed E-state index contributed by atoms with van der Waals surface area (Å²) in [5, 5.41) is 12.1. The molecule has 0 saturated carbocycles. The van der Waals surface area contributed by atoms with Crippen LogP contribution in [0.2, 0.25) is 5.02 Å². The van der Waals surface area contributed by atoms with E-state index in [-0.39, 0.29) is 12.5 Å². The number of hydrogen-bond acceptors (Lipinski definition) is 4. The Morgan fingerprint density at radius 1 is 1.45 bits per heavy atom. The molecule has 0 aromatic carbocycles. The molecule has 0 fully saturated rings. The molecule has 1 amide bonds. The molecule has 5 nitrogen and oxygen atoms in total. The molecule has 112 valence electrons. The Balaban J connectivity index is 2.67. The Hall–Kier alpha value is -1.33. The van der Waals surface area contributed by atoms with Crippen LogP contribution < -0.4 is 5.32 Å². The minimum absolute atomic E-state index is 0.111. The lowest BCUT2D eigenvalue weighted by atomic mass is 10.2. The number of hydrogen-bond donors (Lipinski definition) is 2. The van der Waals surface area contributed by atoms with E-state index >= 15 is 0 Å². The van der Waals surface area contributed by atoms with Crippen LogP contribution in [-0.4, -0.2) is 47.6 Å². The van der Waals surface area contributed by atoms with Crippen molar-refractivity contribution in [1.82, 2.24) is 9.88 Å². The third kappa shape index (κ3) is 4.98. The number of rotatable bonds is 8. The van der Waals surface area contributed by atoms with Gasteiger partial charge in [0.1, 0.15) is 5.82 Å². The van der Waals surface area contributed by atoms with Gasteiger partial charge in [-0.05, 0) is 32.3 Å². The number of carbonyl (C=O) groups excluding carboxylic acids is 1. The molecule has 0 radical (unpaired) electrons. The van der Waals surface area contributed by atoms with Crippen LogP contribution in [0.15, 0.2) is 12.3 Å². The fourth-order valence-electron chi connectivity index (χ4n) is 1.83. The minimum atomic E-state index is -0.111. The lowest BCUT2D eigenvalue weighted by Crippen LogP contribution is -2.28. The van der Waals surface area contributed by atoms with Gasteiger partial charge in [0.05, 0.1) is 10.6 Å². The molecule has 20 heavy (non-hydrogen) atoms. The molecule has 0 atom stereocenters. The summed E-state index contributed by atoms with van der Waals surface area (Å²) in [6, 6.07) is 1.68. The number of anilines is 1. The average Bonchev–Trinajstić information content (AvgIpc) is 2.45. The molecule has 1 rings (SSSR count). The van der Waals surface area contributed by atoms with Crippen LogP contribution in [-0.2, 0) is 0 Å². The van der Waals surface area contributed by atoms with E-state index in [1.807, 2.05) is 6.92 Å². The van der Waals surface area contributed by atoms with Crippen LogP contribution >= 0.6 is 11.6 Å². The van der Waals surface area contributed by atoms with Gasteiger partial charge in [0.15, 0.2) is 0 Å². The second-order valence-electron chi connectivity index (χ2n) is 4.59. The molecule has 0 saturated heterocycles. The second kappa shape index (κ2) is 8.76. The SMILES string of the molecule is CCNc1cc(C(=O)N(C)CCCCCO)c(Cl)cn1. The molecule has 0 spiro atoms. The van der Waals surface area contributed by atoms with Crippen molar-refractivity contribution >= 4 is 23.3 Å². The molecule has 2 N–H and O–H groups in total. The number of pyridine rings is 1. The van der Waals surface area contributed by atoms with Gasteiger partial charge < -0.3 is 15.3 Å². The lowest BCUT2D eigenvalue weighted by Gasteiger charge is -2.18. The van der Waals surface area contributed by atoms with E-state index in [9.17, 15) is 4.79 Å². The van der Waals surface area contributed by atoms with Crippen molar-refractivity contribution in [2.45, 2.75) is 26.2 Å². The van der Waals surface area contributed by atoms with Crippen LogP contribution in [0.25, 0.3) is 0 Å². The van der Waals surface area contributed by atoms with E-state index in [0.717, 1.165) is 25.8 Å². The predicted molar refractivity (Wildman–Crippen MR) is 81.3 cm³/mol. The first-order chi connectivity index (χ1) is 9.60. The van der Waals surface area contributed by atoms with Gasteiger partial charge in [-0.15, -0.1) is 0 Å². The van der Waals surface area contributed by atoms with Gasteiger partial charge in [0.2, 0.25) is 0 Å². The Kier molecular flexibility index (Phi) is 7.33. The van der Waals surface area contributed by atoms with Crippen molar-refractivity contribution in [3.8, 4) is 0 Å². The molecule has 0 bridgehead atoms. The normalized spacial score (nSPS) is 10.4. The molecule has 6 heteroatoms. The summed E-state index contributed by atoms with van der Waals surface area (Å²) in [4.78, 5) is 18.1. The number of amides is 1. The number of aromatic nitrogens is 1. The van der Waals surface area contributed by atoms with Crippen molar-refractivity contribution in [1.29, 1.82) is 0 Å². The average molecular weight is 300 g/mol. The van der Waals surface area contributed by atoms with Crippen molar-refractivity contribution < 1.29 is 9.90 Å². The van der Waals surface area contributed by atoms with Crippen LogP contribution in [0.5, 0.6) is 0 Å². The van der Waals surface area contributed by atoms with Crippen LogP contribution in [0.1, 0.15) is 36.5 Å². The Labute approximate surface area is 125 Å². The van der Waals surface area contributed by atoms with Gasteiger partial charge in [-0.3, -0.25) is 4.79 Å². The van der Waals surface area contributed by atoms with Crippen molar-refractivity contribution in [2.24, 2.45) is 0 Å². The maximum absolute atomic E-state index is 12.3. The maximum atomic E-state index is 12.3. The molecule has 0 aliphatic carbocycles. The maximum Gasteiger partial charge on any atom is 0.255 e. The summed E-state index contributed by atoms with van der Waals surface area (Å²) in [5.41, 5.74) is 0.460. The summed E-state index contributed by atoms with van der Waals surface area (Å²) < 4.78 is 0. The molecule has 1 aromatic rings. The summed E-state index contributed by atoms with van der Waals surface area (Å²) in [6.45, 7) is 3.54. The zero-order chi connectivity index (χ0) is 15.0. The van der Waals surface area contributed by atoms with E-state index in [2.05, 4.69) is 10.3 Å². The van der Waals surface area contributed by atoms with Gasteiger partial charge in [0.25, 0.3) is 5.91 Å². The number of nitrogens with zero attached hydrogens (tertiary/aromatic N) is 2. The van der Waals surface area contributed by atoms with Gasteiger partial charge >= 0.3 is 0 Å². The standard InChI is InChI=1S/C14H22ClN3O2/c1-3-16-13-9-11(12(15)10-17-13)14(20)18(2)7-5-4-6-8-19/h9-10,19H,3-8H2,1-2H3,(H,16,17). The number of aliphatic hydroxyl groups is 1.